The lowest BCUT2D eigenvalue weighted by atomic mass is 10.1. The lowest BCUT2D eigenvalue weighted by molar-refractivity contribution is 0.0564. The van der Waals surface area contributed by atoms with E-state index < -0.39 is 15.4 Å². The number of nitrogens with zero attached hydrogens (tertiary/aromatic N) is 1. The summed E-state index contributed by atoms with van der Waals surface area (Å²) in [4.78, 5) is 25.1. The minimum absolute atomic E-state index is 0.00529. The largest absolute Gasteiger partial charge is 0.378 e. The lowest BCUT2D eigenvalue weighted by Gasteiger charge is -2.14. The zero-order valence-corrected chi connectivity index (χ0v) is 12.2. The Balaban J connectivity index is 1.89. The molecule has 0 fully saturated rings. The van der Waals surface area contributed by atoms with Crippen LogP contribution in [0.4, 0.5) is 0 Å². The van der Waals surface area contributed by atoms with Crippen LogP contribution in [0.15, 0.2) is 24.3 Å². The van der Waals surface area contributed by atoms with Gasteiger partial charge < -0.3 is 4.74 Å². The first kappa shape index (κ1) is 15.6. The molecule has 0 bridgehead atoms. The summed E-state index contributed by atoms with van der Waals surface area (Å²) in [5, 5.41) is -1.06. The van der Waals surface area contributed by atoms with Crippen LogP contribution in [0.25, 0.3) is 0 Å². The molecule has 0 aromatic heterocycles. The minimum Gasteiger partial charge on any atom is -0.378 e. The van der Waals surface area contributed by atoms with Gasteiger partial charge in [-0.25, -0.2) is 0 Å². The number of carbonyl (C=O) groups is 2. The molecule has 0 saturated heterocycles. The van der Waals surface area contributed by atoms with Crippen LogP contribution in [-0.4, -0.2) is 54.7 Å². The van der Waals surface area contributed by atoms with Gasteiger partial charge in [-0.2, -0.15) is 8.42 Å². The van der Waals surface area contributed by atoms with Crippen LogP contribution in [0.5, 0.6) is 0 Å². The molecule has 1 aromatic carbocycles. The summed E-state index contributed by atoms with van der Waals surface area (Å²) in [6.45, 7) is 1.13. The van der Waals surface area contributed by atoms with Crippen LogP contribution in [0, 0.1) is 0 Å². The topological polar surface area (TPSA) is 101 Å². The SMILES string of the molecule is CC(COCCN1C(=O)c2ccccc2C1=O)S(=O)(=O)O. The molecule has 7 nitrogen and oxygen atoms in total. The highest BCUT2D eigenvalue weighted by atomic mass is 32.2. The number of imide groups is 1. The van der Waals surface area contributed by atoms with E-state index in [0.29, 0.717) is 11.1 Å². The van der Waals surface area contributed by atoms with E-state index in [0.717, 1.165) is 4.90 Å². The number of hydrogen-bond acceptors (Lipinski definition) is 5. The lowest BCUT2D eigenvalue weighted by Crippen LogP contribution is -2.34. The van der Waals surface area contributed by atoms with E-state index in [1.54, 1.807) is 24.3 Å². The Kier molecular flexibility index (Phi) is 4.40. The third-order valence-electron chi connectivity index (χ3n) is 3.20. The van der Waals surface area contributed by atoms with Crippen LogP contribution in [0.3, 0.4) is 0 Å². The summed E-state index contributed by atoms with van der Waals surface area (Å²) < 4.78 is 35.4. The second kappa shape index (κ2) is 5.92. The summed E-state index contributed by atoms with van der Waals surface area (Å²) in [6.07, 6.45) is 0. The van der Waals surface area contributed by atoms with Crippen LogP contribution >= 0.6 is 0 Å². The molecule has 0 saturated carbocycles. The number of rotatable bonds is 6. The number of amides is 2. The van der Waals surface area contributed by atoms with Gasteiger partial charge >= 0.3 is 0 Å². The second-order valence-electron chi connectivity index (χ2n) is 4.71. The summed E-state index contributed by atoms with van der Waals surface area (Å²) >= 11 is 0. The second-order valence-corrected chi connectivity index (χ2v) is 6.54. The quantitative estimate of drug-likeness (QED) is 0.468. The molecule has 1 heterocycles. The van der Waals surface area contributed by atoms with Crippen LogP contribution in [-0.2, 0) is 14.9 Å². The smallest absolute Gasteiger partial charge is 0.269 e. The Labute approximate surface area is 122 Å². The Morgan fingerprint density at radius 3 is 2.19 bits per heavy atom. The van der Waals surface area contributed by atoms with E-state index in [4.69, 9.17) is 9.29 Å². The molecule has 1 unspecified atom stereocenters. The molecule has 2 rings (SSSR count). The third kappa shape index (κ3) is 3.29. The maximum Gasteiger partial charge on any atom is 0.269 e. The maximum atomic E-state index is 12.0. The van der Waals surface area contributed by atoms with Gasteiger partial charge in [0.05, 0.1) is 30.9 Å². The first-order valence-corrected chi connectivity index (χ1v) is 7.82. The van der Waals surface area contributed by atoms with E-state index in [2.05, 4.69) is 0 Å². The summed E-state index contributed by atoms with van der Waals surface area (Å²) in [7, 11) is -4.14. The van der Waals surface area contributed by atoms with E-state index >= 15 is 0 Å². The molecule has 114 valence electrons. The zero-order chi connectivity index (χ0) is 15.6. The Hall–Kier alpha value is -1.77. The standard InChI is InChI=1S/C13H15NO6S/c1-9(21(17,18)19)8-20-7-6-14-12(15)10-4-2-3-5-11(10)13(14)16/h2-5,9H,6-8H2,1H3,(H,17,18,19). The van der Waals surface area contributed by atoms with Gasteiger partial charge in [-0.3, -0.25) is 19.0 Å². The molecule has 2 amide bonds. The van der Waals surface area contributed by atoms with Gasteiger partial charge in [0.15, 0.2) is 0 Å². The molecule has 1 aliphatic rings. The van der Waals surface area contributed by atoms with Crippen molar-refractivity contribution >= 4 is 21.9 Å². The first-order valence-electron chi connectivity index (χ1n) is 6.31. The summed E-state index contributed by atoms with van der Waals surface area (Å²) in [5.74, 6) is -0.774. The molecule has 8 heteroatoms. The normalized spacial score (nSPS) is 16.2. The predicted octanol–water partition coefficient (Wildman–Crippen LogP) is 0.576. The zero-order valence-electron chi connectivity index (χ0n) is 11.4. The molecule has 1 N–H and O–H groups in total. The fourth-order valence-corrected chi connectivity index (χ4v) is 2.20. The number of carbonyl (C=O) groups excluding carboxylic acids is 2. The predicted molar refractivity (Wildman–Crippen MR) is 73.6 cm³/mol. The van der Waals surface area contributed by atoms with Gasteiger partial charge in [0.25, 0.3) is 21.9 Å². The van der Waals surface area contributed by atoms with Gasteiger partial charge in [0, 0.05) is 0 Å². The molecule has 1 aliphatic heterocycles. The van der Waals surface area contributed by atoms with Crippen molar-refractivity contribution in [3.63, 3.8) is 0 Å². The van der Waals surface area contributed by atoms with Crippen LogP contribution in [0.2, 0.25) is 0 Å². The van der Waals surface area contributed by atoms with Gasteiger partial charge in [0.2, 0.25) is 0 Å². The number of hydrogen-bond donors (Lipinski definition) is 1. The van der Waals surface area contributed by atoms with Crippen molar-refractivity contribution in [1.29, 1.82) is 0 Å². The van der Waals surface area contributed by atoms with Crippen molar-refractivity contribution in [2.75, 3.05) is 19.8 Å². The summed E-state index contributed by atoms with van der Waals surface area (Å²) in [5.41, 5.74) is 0.711. The average molecular weight is 313 g/mol. The summed E-state index contributed by atoms with van der Waals surface area (Å²) in [6, 6.07) is 6.52. The Morgan fingerprint density at radius 2 is 1.71 bits per heavy atom. The highest BCUT2D eigenvalue weighted by Crippen LogP contribution is 2.21. The fourth-order valence-electron chi connectivity index (χ4n) is 1.93. The van der Waals surface area contributed by atoms with E-state index in [9.17, 15) is 18.0 Å². The first-order chi connectivity index (χ1) is 9.82. The van der Waals surface area contributed by atoms with E-state index in [1.165, 1.54) is 6.92 Å². The van der Waals surface area contributed by atoms with E-state index in [1.807, 2.05) is 0 Å². The monoisotopic (exact) mass is 313 g/mol. The van der Waals surface area contributed by atoms with Crippen molar-refractivity contribution < 1.29 is 27.3 Å². The Bertz CT molecular complexity index is 634. The van der Waals surface area contributed by atoms with Crippen LogP contribution in [0.1, 0.15) is 27.6 Å². The molecule has 0 spiro atoms. The van der Waals surface area contributed by atoms with Crippen LogP contribution < -0.4 is 0 Å². The molecule has 0 radical (unpaired) electrons. The molecule has 1 atom stereocenters. The fraction of sp³-hybridized carbons (Fsp3) is 0.385. The molecule has 21 heavy (non-hydrogen) atoms. The molecule has 1 aromatic rings. The molecular formula is C13H15NO6S. The minimum atomic E-state index is -4.14. The highest BCUT2D eigenvalue weighted by molar-refractivity contribution is 7.86. The van der Waals surface area contributed by atoms with Crippen molar-refractivity contribution in [2.24, 2.45) is 0 Å². The van der Waals surface area contributed by atoms with Crippen molar-refractivity contribution in [2.45, 2.75) is 12.2 Å². The average Bonchev–Trinajstić information content (AvgIpc) is 2.67. The number of ether oxygens (including phenoxy) is 1. The molecule has 0 aliphatic carbocycles. The highest BCUT2D eigenvalue weighted by Gasteiger charge is 2.34. The van der Waals surface area contributed by atoms with Gasteiger partial charge in [-0.15, -0.1) is 0 Å². The number of benzene rings is 1. The van der Waals surface area contributed by atoms with Gasteiger partial charge in [-0.05, 0) is 19.1 Å². The van der Waals surface area contributed by atoms with Crippen molar-refractivity contribution in [1.82, 2.24) is 4.90 Å². The number of fused-ring (bicyclic) bond motifs is 1. The maximum absolute atomic E-state index is 12.0. The van der Waals surface area contributed by atoms with Crippen molar-refractivity contribution in [3.8, 4) is 0 Å². The third-order valence-corrected chi connectivity index (χ3v) is 4.35. The molecular weight excluding hydrogens is 298 g/mol. The Morgan fingerprint density at radius 1 is 1.19 bits per heavy atom. The van der Waals surface area contributed by atoms with E-state index in [-0.39, 0.29) is 31.6 Å². The van der Waals surface area contributed by atoms with Gasteiger partial charge in [0.1, 0.15) is 5.25 Å². The van der Waals surface area contributed by atoms with Gasteiger partial charge in [-0.1, -0.05) is 12.1 Å². The van der Waals surface area contributed by atoms with Crippen molar-refractivity contribution in [3.05, 3.63) is 35.4 Å².